The fraction of sp³-hybridized carbons (Fsp3) is 0.148. The molecule has 0 amide bonds. The number of sulfone groups is 1. The first kappa shape index (κ1) is 26.9. The van der Waals surface area contributed by atoms with Crippen molar-refractivity contribution in [1.82, 2.24) is 0 Å². The number of nitrogens with two attached hydrogens (primary N) is 1. The van der Waals surface area contributed by atoms with Gasteiger partial charge in [0.05, 0.1) is 15.4 Å². The van der Waals surface area contributed by atoms with Crippen LogP contribution >= 0.6 is 0 Å². The Morgan fingerprint density at radius 2 is 1.63 bits per heavy atom. The standard InChI is InChI=1S/C27H22F4N2O4S/c1-26(15-14-17-2-8-20(9-3-17)27(29,30)31)16-23(38(35,36)22-12-10-21(28)11-13-22)24(37-26)18-4-6-19(7-5-18)25(32)33-34/h2-15,34H,16H2,1H3,(H2,32,33)/b15-14+. The Kier molecular flexibility index (Phi) is 7.07. The van der Waals surface area contributed by atoms with E-state index in [4.69, 9.17) is 15.7 Å². The first-order chi connectivity index (χ1) is 17.8. The van der Waals surface area contributed by atoms with E-state index in [0.29, 0.717) is 16.7 Å². The monoisotopic (exact) mass is 546 g/mol. The van der Waals surface area contributed by atoms with Crippen molar-refractivity contribution in [2.24, 2.45) is 10.9 Å². The summed E-state index contributed by atoms with van der Waals surface area (Å²) in [6, 6.07) is 15.0. The predicted molar refractivity (Wildman–Crippen MR) is 134 cm³/mol. The maximum absolute atomic E-state index is 13.6. The highest BCUT2D eigenvalue weighted by Gasteiger charge is 2.41. The molecule has 3 aromatic carbocycles. The molecule has 1 aliphatic rings. The maximum atomic E-state index is 13.6. The van der Waals surface area contributed by atoms with Gasteiger partial charge in [0.1, 0.15) is 17.2 Å². The Balaban J connectivity index is 1.72. The molecule has 1 aliphatic heterocycles. The van der Waals surface area contributed by atoms with Crippen molar-refractivity contribution in [1.29, 1.82) is 0 Å². The zero-order chi connectivity index (χ0) is 27.7. The summed E-state index contributed by atoms with van der Waals surface area (Å²) in [6.45, 7) is 1.64. The van der Waals surface area contributed by atoms with Crippen LogP contribution in [-0.2, 0) is 20.8 Å². The first-order valence-corrected chi connectivity index (χ1v) is 12.7. The van der Waals surface area contributed by atoms with Gasteiger partial charge in [0.25, 0.3) is 0 Å². The van der Waals surface area contributed by atoms with Crippen molar-refractivity contribution < 1.29 is 35.9 Å². The number of rotatable bonds is 6. The lowest BCUT2D eigenvalue weighted by molar-refractivity contribution is -0.137. The van der Waals surface area contributed by atoms with Crippen LogP contribution in [0.3, 0.4) is 0 Å². The zero-order valence-electron chi connectivity index (χ0n) is 19.9. The van der Waals surface area contributed by atoms with E-state index in [1.807, 2.05) is 0 Å². The van der Waals surface area contributed by atoms with Crippen molar-refractivity contribution in [2.45, 2.75) is 30.0 Å². The van der Waals surface area contributed by atoms with E-state index < -0.39 is 33.0 Å². The lowest BCUT2D eigenvalue weighted by Gasteiger charge is -2.21. The molecule has 0 bridgehead atoms. The van der Waals surface area contributed by atoms with Crippen LogP contribution in [0.4, 0.5) is 17.6 Å². The summed E-state index contributed by atoms with van der Waals surface area (Å²) in [5.74, 6) is -0.676. The van der Waals surface area contributed by atoms with Gasteiger partial charge in [0.15, 0.2) is 5.84 Å². The molecule has 11 heteroatoms. The quantitative estimate of drug-likeness (QED) is 0.0990. The summed E-state index contributed by atoms with van der Waals surface area (Å²) in [5.41, 5.74) is 4.90. The van der Waals surface area contributed by atoms with Crippen LogP contribution in [0.2, 0.25) is 0 Å². The lowest BCUT2D eigenvalue weighted by Crippen LogP contribution is -2.21. The van der Waals surface area contributed by atoms with Crippen molar-refractivity contribution in [2.75, 3.05) is 0 Å². The SMILES string of the molecule is CC1(/C=C/c2ccc(C(F)(F)F)cc2)CC(S(=O)(=O)c2ccc(F)cc2)=C(c2ccc(/C(N)=N/O)cc2)O1. The summed E-state index contributed by atoms with van der Waals surface area (Å²) >= 11 is 0. The predicted octanol–water partition coefficient (Wildman–Crippen LogP) is 5.97. The molecule has 0 aromatic heterocycles. The number of amidine groups is 1. The molecule has 0 spiro atoms. The van der Waals surface area contributed by atoms with Crippen molar-refractivity contribution in [3.8, 4) is 0 Å². The molecule has 4 rings (SSSR count). The minimum Gasteiger partial charge on any atom is -0.481 e. The largest absolute Gasteiger partial charge is 0.481 e. The van der Waals surface area contributed by atoms with E-state index >= 15 is 0 Å². The zero-order valence-corrected chi connectivity index (χ0v) is 20.7. The number of hydrogen-bond donors (Lipinski definition) is 2. The second-order valence-corrected chi connectivity index (χ2v) is 10.8. The van der Waals surface area contributed by atoms with Crippen molar-refractivity contribution >= 4 is 27.5 Å². The van der Waals surface area contributed by atoms with Crippen molar-refractivity contribution in [3.63, 3.8) is 0 Å². The van der Waals surface area contributed by atoms with Crippen LogP contribution in [0.15, 0.2) is 93.8 Å². The Morgan fingerprint density at radius 3 is 2.18 bits per heavy atom. The molecule has 0 fully saturated rings. The normalized spacial score (nSPS) is 18.7. The molecule has 0 radical (unpaired) electrons. The minimum atomic E-state index is -4.46. The summed E-state index contributed by atoms with van der Waals surface area (Å²) in [4.78, 5) is -0.181. The molecule has 3 aromatic rings. The number of ether oxygens (including phenoxy) is 1. The molecule has 0 saturated carbocycles. The molecule has 6 nitrogen and oxygen atoms in total. The number of oxime groups is 1. The maximum Gasteiger partial charge on any atom is 0.416 e. The van der Waals surface area contributed by atoms with Gasteiger partial charge in [-0.1, -0.05) is 47.6 Å². The highest BCUT2D eigenvalue weighted by atomic mass is 32.2. The molecule has 38 heavy (non-hydrogen) atoms. The number of nitrogens with zero attached hydrogens (tertiary/aromatic N) is 1. The summed E-state index contributed by atoms with van der Waals surface area (Å²) in [5, 5.41) is 11.8. The molecule has 0 saturated heterocycles. The van der Waals surface area contributed by atoms with Gasteiger partial charge >= 0.3 is 6.18 Å². The smallest absolute Gasteiger partial charge is 0.416 e. The van der Waals surface area contributed by atoms with Crippen LogP contribution in [-0.4, -0.2) is 25.1 Å². The second-order valence-electron chi connectivity index (χ2n) is 8.82. The Labute approximate surface area is 216 Å². The minimum absolute atomic E-state index is 0.0553. The molecule has 1 atom stereocenters. The van der Waals surface area contributed by atoms with Gasteiger partial charge in [-0.25, -0.2) is 12.8 Å². The molecule has 0 aliphatic carbocycles. The first-order valence-electron chi connectivity index (χ1n) is 11.2. The van der Waals surface area contributed by atoms with Gasteiger partial charge in [-0.15, -0.1) is 0 Å². The van der Waals surface area contributed by atoms with E-state index in [2.05, 4.69) is 5.16 Å². The van der Waals surface area contributed by atoms with Crippen LogP contribution in [0.5, 0.6) is 0 Å². The van der Waals surface area contributed by atoms with E-state index in [-0.39, 0.29) is 27.8 Å². The third kappa shape index (κ3) is 5.57. The van der Waals surface area contributed by atoms with Crippen LogP contribution in [0.1, 0.15) is 35.6 Å². The van der Waals surface area contributed by atoms with Gasteiger partial charge in [0.2, 0.25) is 9.84 Å². The number of hydrogen-bond acceptors (Lipinski definition) is 5. The molecular weight excluding hydrogens is 524 g/mol. The Morgan fingerprint density at radius 1 is 1.03 bits per heavy atom. The Bertz CT molecular complexity index is 1530. The van der Waals surface area contributed by atoms with E-state index in [1.165, 1.54) is 24.3 Å². The van der Waals surface area contributed by atoms with Gasteiger partial charge in [-0.05, 0) is 55.0 Å². The van der Waals surface area contributed by atoms with Crippen LogP contribution in [0.25, 0.3) is 11.8 Å². The van der Waals surface area contributed by atoms with Gasteiger partial charge in [-0.3, -0.25) is 0 Å². The number of benzene rings is 3. The molecule has 3 N–H and O–H groups in total. The third-order valence-electron chi connectivity index (χ3n) is 5.97. The number of alkyl halides is 3. The van der Waals surface area contributed by atoms with E-state index in [0.717, 1.165) is 36.4 Å². The average Bonchev–Trinajstić information content (AvgIpc) is 3.26. The lowest BCUT2D eigenvalue weighted by atomic mass is 10.0. The van der Waals surface area contributed by atoms with Gasteiger partial charge in [0, 0.05) is 17.5 Å². The van der Waals surface area contributed by atoms with Crippen molar-refractivity contribution in [3.05, 3.63) is 112 Å². The molecule has 1 heterocycles. The summed E-state index contributed by atoms with van der Waals surface area (Å²) < 4.78 is 85.4. The van der Waals surface area contributed by atoms with Gasteiger partial charge in [-0.2, -0.15) is 13.2 Å². The fourth-order valence-electron chi connectivity index (χ4n) is 3.92. The van der Waals surface area contributed by atoms with E-state index in [1.54, 1.807) is 31.2 Å². The molecule has 1 unspecified atom stereocenters. The van der Waals surface area contributed by atoms with Crippen LogP contribution < -0.4 is 5.73 Å². The summed E-state index contributed by atoms with van der Waals surface area (Å²) in [7, 11) is -4.12. The fourth-order valence-corrected chi connectivity index (χ4v) is 5.58. The highest BCUT2D eigenvalue weighted by Crippen LogP contribution is 2.44. The average molecular weight is 547 g/mol. The van der Waals surface area contributed by atoms with Gasteiger partial charge < -0.3 is 15.7 Å². The van der Waals surface area contributed by atoms with E-state index in [9.17, 15) is 26.0 Å². The molecule has 198 valence electrons. The third-order valence-corrected chi connectivity index (χ3v) is 7.84. The summed E-state index contributed by atoms with van der Waals surface area (Å²) in [6.07, 6.45) is -1.43. The second kappa shape index (κ2) is 9.97. The Hall–Kier alpha value is -4.12. The van der Waals surface area contributed by atoms with Crippen LogP contribution in [0, 0.1) is 5.82 Å². The topological polar surface area (TPSA) is 102 Å². The highest BCUT2D eigenvalue weighted by molar-refractivity contribution is 7.95. The molecular formula is C27H22F4N2O4S. The number of halogens is 4.